The molecule has 0 aliphatic rings. The Bertz CT molecular complexity index is 771. The monoisotopic (exact) mass is 369 g/mol. The minimum atomic E-state index is -0.632. The van der Waals surface area contributed by atoms with Gasteiger partial charge in [-0.05, 0) is 44.2 Å². The van der Waals surface area contributed by atoms with Gasteiger partial charge < -0.3 is 15.4 Å². The number of nitrogens with two attached hydrogens (primary N) is 1. The van der Waals surface area contributed by atoms with Gasteiger partial charge in [0, 0.05) is 16.7 Å². The Morgan fingerprint density at radius 2 is 1.92 bits per heavy atom. The van der Waals surface area contributed by atoms with E-state index >= 15 is 0 Å². The first-order chi connectivity index (χ1) is 11.8. The van der Waals surface area contributed by atoms with E-state index in [2.05, 4.69) is 5.32 Å². The molecule has 0 unspecified atom stereocenters. The molecule has 3 N–H and O–H groups in total. The number of hydrogen-bond donors (Lipinski definition) is 2. The highest BCUT2D eigenvalue weighted by Gasteiger charge is 2.23. The smallest absolute Gasteiger partial charge is 0.282 e. The molecule has 134 valence electrons. The third-order valence-corrected chi connectivity index (χ3v) is 4.10. The summed E-state index contributed by atoms with van der Waals surface area (Å²) in [5.74, 6) is -1.06. The van der Waals surface area contributed by atoms with E-state index in [0.29, 0.717) is 22.0 Å². The van der Waals surface area contributed by atoms with Crippen LogP contribution in [0.2, 0.25) is 5.02 Å². The molecular formula is C18H20ClF2N2O2+. The summed E-state index contributed by atoms with van der Waals surface area (Å²) in [5.41, 5.74) is 0.794. The Morgan fingerprint density at radius 3 is 2.56 bits per heavy atom. The zero-order valence-corrected chi connectivity index (χ0v) is 14.9. The van der Waals surface area contributed by atoms with Crippen molar-refractivity contribution in [3.05, 3.63) is 58.6 Å². The SMILES string of the molecule is COc1ccc(Cl)cc1NC(=O)[C@H](C)[NH2+][C@H](C)c1ccc(F)cc1F. The predicted molar refractivity (Wildman–Crippen MR) is 92.8 cm³/mol. The van der Waals surface area contributed by atoms with Gasteiger partial charge in [-0.15, -0.1) is 0 Å². The number of hydrogen-bond acceptors (Lipinski definition) is 2. The molecule has 0 saturated heterocycles. The molecule has 0 radical (unpaired) electrons. The van der Waals surface area contributed by atoms with Gasteiger partial charge in [-0.1, -0.05) is 11.6 Å². The lowest BCUT2D eigenvalue weighted by atomic mass is 10.1. The summed E-state index contributed by atoms with van der Waals surface area (Å²) >= 11 is 5.94. The van der Waals surface area contributed by atoms with Crippen molar-refractivity contribution >= 4 is 23.2 Å². The molecule has 2 rings (SSSR count). The number of carbonyl (C=O) groups excluding carboxylic acids is 1. The minimum absolute atomic E-state index is 0.282. The van der Waals surface area contributed by atoms with Crippen LogP contribution in [0.15, 0.2) is 36.4 Å². The highest BCUT2D eigenvalue weighted by atomic mass is 35.5. The van der Waals surface area contributed by atoms with E-state index in [-0.39, 0.29) is 11.9 Å². The Kier molecular flexibility index (Phi) is 6.33. The molecule has 0 spiro atoms. The standard InChI is InChI=1S/C18H19ClF2N2O2/c1-10(14-6-5-13(20)9-15(14)21)22-11(2)18(24)23-16-8-12(19)4-7-17(16)25-3/h4-11,22H,1-3H3,(H,23,24)/p+1/t10-,11+/m1/s1. The third kappa shape index (κ3) is 4.90. The van der Waals surface area contributed by atoms with E-state index in [4.69, 9.17) is 16.3 Å². The average molecular weight is 370 g/mol. The van der Waals surface area contributed by atoms with Crippen molar-refractivity contribution in [2.45, 2.75) is 25.9 Å². The van der Waals surface area contributed by atoms with Crippen LogP contribution >= 0.6 is 11.6 Å². The van der Waals surface area contributed by atoms with Crippen molar-refractivity contribution in [1.29, 1.82) is 0 Å². The number of amides is 1. The molecule has 2 aromatic rings. The molecule has 0 saturated carbocycles. The van der Waals surface area contributed by atoms with E-state index in [1.807, 2.05) is 0 Å². The van der Waals surface area contributed by atoms with Gasteiger partial charge in [0.05, 0.1) is 12.8 Å². The van der Waals surface area contributed by atoms with Crippen LogP contribution in [-0.4, -0.2) is 19.1 Å². The van der Waals surface area contributed by atoms with Crippen LogP contribution in [0.4, 0.5) is 14.5 Å². The molecule has 25 heavy (non-hydrogen) atoms. The van der Waals surface area contributed by atoms with Crippen molar-refractivity contribution in [2.75, 3.05) is 12.4 Å². The zero-order chi connectivity index (χ0) is 18.6. The molecule has 0 aliphatic carbocycles. The molecule has 4 nitrogen and oxygen atoms in total. The molecule has 1 amide bonds. The number of carbonyl (C=O) groups is 1. The van der Waals surface area contributed by atoms with Crippen LogP contribution in [0.5, 0.6) is 5.75 Å². The number of methoxy groups -OCH3 is 1. The maximum Gasteiger partial charge on any atom is 0.282 e. The van der Waals surface area contributed by atoms with Gasteiger partial charge in [0.2, 0.25) is 0 Å². The van der Waals surface area contributed by atoms with Gasteiger partial charge in [0.1, 0.15) is 23.4 Å². The maximum atomic E-state index is 13.9. The van der Waals surface area contributed by atoms with Crippen molar-refractivity contribution in [3.8, 4) is 5.75 Å². The second-order valence-electron chi connectivity index (χ2n) is 5.77. The van der Waals surface area contributed by atoms with Gasteiger partial charge in [-0.2, -0.15) is 0 Å². The maximum absolute atomic E-state index is 13.9. The lowest BCUT2D eigenvalue weighted by molar-refractivity contribution is -0.710. The van der Waals surface area contributed by atoms with E-state index in [1.165, 1.54) is 19.2 Å². The van der Waals surface area contributed by atoms with Crippen LogP contribution in [-0.2, 0) is 4.79 Å². The first-order valence-corrected chi connectivity index (χ1v) is 8.14. The van der Waals surface area contributed by atoms with Crippen LogP contribution in [0.1, 0.15) is 25.5 Å². The predicted octanol–water partition coefficient (Wildman–Crippen LogP) is 3.28. The number of rotatable bonds is 6. The number of halogens is 3. The molecule has 0 aromatic heterocycles. The van der Waals surface area contributed by atoms with Gasteiger partial charge in [0.15, 0.2) is 6.04 Å². The van der Waals surface area contributed by atoms with Crippen LogP contribution in [0, 0.1) is 11.6 Å². The summed E-state index contributed by atoms with van der Waals surface area (Å²) in [6, 6.07) is 7.45. The molecule has 2 atom stereocenters. The molecule has 0 bridgehead atoms. The first-order valence-electron chi connectivity index (χ1n) is 7.76. The van der Waals surface area contributed by atoms with Crippen molar-refractivity contribution in [1.82, 2.24) is 0 Å². The van der Waals surface area contributed by atoms with Crippen LogP contribution in [0.3, 0.4) is 0 Å². The van der Waals surface area contributed by atoms with Crippen molar-refractivity contribution in [2.24, 2.45) is 0 Å². The van der Waals surface area contributed by atoms with Crippen molar-refractivity contribution < 1.29 is 23.6 Å². The van der Waals surface area contributed by atoms with E-state index in [9.17, 15) is 13.6 Å². The molecule has 0 aliphatic heterocycles. The Morgan fingerprint density at radius 1 is 1.20 bits per heavy atom. The fourth-order valence-electron chi connectivity index (χ4n) is 2.52. The van der Waals surface area contributed by atoms with E-state index < -0.39 is 17.7 Å². The van der Waals surface area contributed by atoms with Gasteiger partial charge in [-0.3, -0.25) is 4.79 Å². The number of quaternary nitrogens is 1. The summed E-state index contributed by atoms with van der Waals surface area (Å²) in [6.07, 6.45) is 0. The average Bonchev–Trinajstić information content (AvgIpc) is 2.54. The summed E-state index contributed by atoms with van der Waals surface area (Å²) in [7, 11) is 1.49. The third-order valence-electron chi connectivity index (χ3n) is 3.86. The lowest BCUT2D eigenvalue weighted by Gasteiger charge is -2.18. The molecule has 7 heteroatoms. The Hall–Kier alpha value is -2.18. The zero-order valence-electron chi connectivity index (χ0n) is 14.1. The Labute approximate surface area is 150 Å². The summed E-state index contributed by atoms with van der Waals surface area (Å²) in [6.45, 7) is 3.45. The van der Waals surface area contributed by atoms with E-state index in [0.717, 1.165) is 6.07 Å². The molecule has 2 aromatic carbocycles. The fourth-order valence-corrected chi connectivity index (χ4v) is 2.69. The lowest BCUT2D eigenvalue weighted by Crippen LogP contribution is -2.91. The van der Waals surface area contributed by atoms with Gasteiger partial charge in [0.25, 0.3) is 5.91 Å². The second kappa shape index (κ2) is 8.27. The highest BCUT2D eigenvalue weighted by molar-refractivity contribution is 6.31. The first kappa shape index (κ1) is 19.1. The topological polar surface area (TPSA) is 54.9 Å². The summed E-state index contributed by atoms with van der Waals surface area (Å²) in [4.78, 5) is 12.4. The minimum Gasteiger partial charge on any atom is -0.495 e. The number of nitrogens with one attached hydrogen (secondary N) is 1. The largest absolute Gasteiger partial charge is 0.495 e. The second-order valence-corrected chi connectivity index (χ2v) is 6.21. The fraction of sp³-hybridized carbons (Fsp3) is 0.278. The molecular weight excluding hydrogens is 350 g/mol. The number of benzene rings is 2. The van der Waals surface area contributed by atoms with Gasteiger partial charge in [-0.25, -0.2) is 8.78 Å². The highest BCUT2D eigenvalue weighted by Crippen LogP contribution is 2.27. The van der Waals surface area contributed by atoms with Crippen LogP contribution in [0.25, 0.3) is 0 Å². The van der Waals surface area contributed by atoms with E-state index in [1.54, 1.807) is 37.4 Å². The molecule has 0 fully saturated rings. The van der Waals surface area contributed by atoms with Gasteiger partial charge >= 0.3 is 0 Å². The summed E-state index contributed by atoms with van der Waals surface area (Å²) in [5, 5.41) is 4.91. The Balaban J connectivity index is 2.06. The number of anilines is 1. The van der Waals surface area contributed by atoms with Crippen molar-refractivity contribution in [3.63, 3.8) is 0 Å². The summed E-state index contributed by atoms with van der Waals surface area (Å²) < 4.78 is 32.1. The normalized spacial score (nSPS) is 13.2. The quantitative estimate of drug-likeness (QED) is 0.821. The molecule has 0 heterocycles. The number of ether oxygens (including phenoxy) is 1. The van der Waals surface area contributed by atoms with Crippen LogP contribution < -0.4 is 15.4 Å².